The van der Waals surface area contributed by atoms with Crippen molar-refractivity contribution in [3.63, 3.8) is 0 Å². The van der Waals surface area contributed by atoms with Crippen molar-refractivity contribution in [2.45, 2.75) is 24.8 Å². The van der Waals surface area contributed by atoms with Gasteiger partial charge < -0.3 is 14.8 Å². The van der Waals surface area contributed by atoms with Gasteiger partial charge in [-0.05, 0) is 44.2 Å². The van der Waals surface area contributed by atoms with E-state index in [4.69, 9.17) is 21.1 Å². The van der Waals surface area contributed by atoms with Gasteiger partial charge in [0.25, 0.3) is 5.91 Å². The Morgan fingerprint density at radius 3 is 2.48 bits per heavy atom. The molecular weight excluding hydrogens is 392 g/mol. The topological polar surface area (TPSA) is 93.7 Å². The average Bonchev–Trinajstić information content (AvgIpc) is 2.60. The summed E-state index contributed by atoms with van der Waals surface area (Å²) in [6.07, 6.45) is 0. The molecule has 0 aromatic heterocycles. The van der Waals surface area contributed by atoms with Gasteiger partial charge in [-0.1, -0.05) is 23.7 Å². The van der Waals surface area contributed by atoms with Gasteiger partial charge in [-0.15, -0.1) is 0 Å². The molecule has 27 heavy (non-hydrogen) atoms. The number of sulfonamides is 1. The van der Waals surface area contributed by atoms with Crippen LogP contribution in [-0.4, -0.2) is 34.1 Å². The molecule has 0 unspecified atom stereocenters. The molecule has 2 aromatic rings. The molecular formula is C18H21ClN2O5S. The SMILES string of the molecule is COc1ccccc1NC(=O)COc1ccc(S(=O)(=O)NC(C)C)cc1Cl. The van der Waals surface area contributed by atoms with Crippen LogP contribution in [0.3, 0.4) is 0 Å². The first-order valence-electron chi connectivity index (χ1n) is 8.10. The van der Waals surface area contributed by atoms with Crippen molar-refractivity contribution in [2.75, 3.05) is 19.0 Å². The van der Waals surface area contributed by atoms with Crippen molar-refractivity contribution in [1.82, 2.24) is 4.72 Å². The van der Waals surface area contributed by atoms with E-state index >= 15 is 0 Å². The highest BCUT2D eigenvalue weighted by Crippen LogP contribution is 2.28. The normalized spacial score (nSPS) is 11.3. The van der Waals surface area contributed by atoms with Gasteiger partial charge in [-0.25, -0.2) is 13.1 Å². The fourth-order valence-electron chi connectivity index (χ4n) is 2.22. The number of rotatable bonds is 8. The van der Waals surface area contributed by atoms with Crippen LogP contribution < -0.4 is 19.5 Å². The molecule has 0 aliphatic carbocycles. The van der Waals surface area contributed by atoms with E-state index in [2.05, 4.69) is 10.0 Å². The molecule has 0 fully saturated rings. The number of nitrogens with one attached hydrogen (secondary N) is 2. The van der Waals surface area contributed by atoms with Gasteiger partial charge in [0.1, 0.15) is 11.5 Å². The lowest BCUT2D eigenvalue weighted by Gasteiger charge is -2.13. The first-order chi connectivity index (χ1) is 12.7. The quantitative estimate of drug-likeness (QED) is 0.695. The molecule has 0 bridgehead atoms. The molecule has 2 rings (SSSR count). The van der Waals surface area contributed by atoms with Crippen LogP contribution in [0.1, 0.15) is 13.8 Å². The van der Waals surface area contributed by atoms with Crippen LogP contribution in [0.15, 0.2) is 47.4 Å². The van der Waals surface area contributed by atoms with Crippen LogP contribution in [-0.2, 0) is 14.8 Å². The predicted octanol–water partition coefficient (Wildman–Crippen LogP) is 3.05. The molecule has 7 nitrogen and oxygen atoms in total. The van der Waals surface area contributed by atoms with Crippen LogP contribution in [0.5, 0.6) is 11.5 Å². The third-order valence-corrected chi connectivity index (χ3v) is 5.30. The summed E-state index contributed by atoms with van der Waals surface area (Å²) in [5.74, 6) is 0.320. The van der Waals surface area contributed by atoms with Crippen LogP contribution in [0.25, 0.3) is 0 Å². The molecule has 0 saturated heterocycles. The molecule has 2 aromatic carbocycles. The van der Waals surface area contributed by atoms with Gasteiger partial charge >= 0.3 is 0 Å². The second kappa shape index (κ2) is 9.07. The highest BCUT2D eigenvalue weighted by atomic mass is 35.5. The number of hydrogen-bond acceptors (Lipinski definition) is 5. The van der Waals surface area contributed by atoms with E-state index in [1.165, 1.54) is 25.3 Å². The van der Waals surface area contributed by atoms with Crippen molar-refractivity contribution in [3.8, 4) is 11.5 Å². The monoisotopic (exact) mass is 412 g/mol. The summed E-state index contributed by atoms with van der Waals surface area (Å²) in [6.45, 7) is 3.14. The van der Waals surface area contributed by atoms with Crippen molar-refractivity contribution < 1.29 is 22.7 Å². The summed E-state index contributed by atoms with van der Waals surface area (Å²) in [5, 5.41) is 2.76. The number of hydrogen-bond donors (Lipinski definition) is 2. The minimum atomic E-state index is -3.66. The minimum absolute atomic E-state index is 0.0204. The Balaban J connectivity index is 2.03. The second-order valence-electron chi connectivity index (χ2n) is 5.91. The molecule has 0 saturated carbocycles. The van der Waals surface area contributed by atoms with Crippen molar-refractivity contribution >= 4 is 33.2 Å². The second-order valence-corrected chi connectivity index (χ2v) is 8.03. The summed E-state index contributed by atoms with van der Waals surface area (Å²) in [4.78, 5) is 12.1. The zero-order chi connectivity index (χ0) is 20.0. The lowest BCUT2D eigenvalue weighted by molar-refractivity contribution is -0.118. The summed E-state index contributed by atoms with van der Waals surface area (Å²) in [6, 6.07) is 10.8. The van der Waals surface area contributed by atoms with Crippen LogP contribution in [0.2, 0.25) is 5.02 Å². The van der Waals surface area contributed by atoms with E-state index in [0.29, 0.717) is 11.4 Å². The summed E-state index contributed by atoms with van der Waals surface area (Å²) < 4.78 is 37.3. The first kappa shape index (κ1) is 21.0. The van der Waals surface area contributed by atoms with Gasteiger partial charge in [0.05, 0.1) is 22.7 Å². The fraction of sp³-hybridized carbons (Fsp3) is 0.278. The van der Waals surface area contributed by atoms with Crippen molar-refractivity contribution in [2.24, 2.45) is 0 Å². The zero-order valence-electron chi connectivity index (χ0n) is 15.2. The highest BCUT2D eigenvalue weighted by Gasteiger charge is 2.17. The predicted molar refractivity (Wildman–Crippen MR) is 104 cm³/mol. The maximum absolute atomic E-state index is 12.1. The van der Waals surface area contributed by atoms with Gasteiger partial charge in [0.2, 0.25) is 10.0 Å². The van der Waals surface area contributed by atoms with Crippen molar-refractivity contribution in [3.05, 3.63) is 47.5 Å². The number of amides is 1. The Morgan fingerprint density at radius 2 is 1.85 bits per heavy atom. The number of methoxy groups -OCH3 is 1. The average molecular weight is 413 g/mol. The number of anilines is 1. The van der Waals surface area contributed by atoms with Crippen LogP contribution >= 0.6 is 11.6 Å². The number of carbonyl (C=O) groups is 1. The molecule has 2 N–H and O–H groups in total. The van der Waals surface area contributed by atoms with Crippen LogP contribution in [0.4, 0.5) is 5.69 Å². The highest BCUT2D eigenvalue weighted by molar-refractivity contribution is 7.89. The molecule has 0 aliphatic rings. The number of halogens is 1. The van der Waals surface area contributed by atoms with E-state index in [1.54, 1.807) is 38.1 Å². The summed E-state index contributed by atoms with van der Waals surface area (Å²) in [7, 11) is -2.16. The third kappa shape index (κ3) is 5.85. The summed E-state index contributed by atoms with van der Waals surface area (Å²) >= 11 is 6.09. The number of ether oxygens (including phenoxy) is 2. The number of carbonyl (C=O) groups excluding carboxylic acids is 1. The Hall–Kier alpha value is -2.29. The van der Waals surface area contributed by atoms with E-state index in [-0.39, 0.29) is 28.3 Å². The molecule has 0 atom stereocenters. The number of benzene rings is 2. The van der Waals surface area contributed by atoms with Crippen molar-refractivity contribution in [1.29, 1.82) is 0 Å². The first-order valence-corrected chi connectivity index (χ1v) is 9.96. The Kier molecular flexibility index (Phi) is 7.06. The van der Waals surface area contributed by atoms with E-state index in [0.717, 1.165) is 0 Å². The lowest BCUT2D eigenvalue weighted by Crippen LogP contribution is -2.30. The Bertz CT molecular complexity index is 916. The zero-order valence-corrected chi connectivity index (χ0v) is 16.7. The largest absolute Gasteiger partial charge is 0.495 e. The number of para-hydroxylation sites is 2. The summed E-state index contributed by atoms with van der Waals surface area (Å²) in [5.41, 5.74) is 0.515. The third-order valence-electron chi connectivity index (χ3n) is 3.34. The molecule has 0 heterocycles. The molecule has 0 aliphatic heterocycles. The maximum atomic E-state index is 12.1. The smallest absolute Gasteiger partial charge is 0.262 e. The fourth-order valence-corrected chi connectivity index (χ4v) is 3.80. The molecule has 146 valence electrons. The van der Waals surface area contributed by atoms with E-state index in [9.17, 15) is 13.2 Å². The standard InChI is InChI=1S/C18H21ClN2O5S/c1-12(2)21-27(23,24)13-8-9-16(14(19)10-13)26-11-18(22)20-15-6-4-5-7-17(15)25-3/h4-10,12,21H,11H2,1-3H3,(H,20,22). The molecule has 9 heteroatoms. The van der Waals surface area contributed by atoms with E-state index in [1.807, 2.05) is 0 Å². The molecule has 0 radical (unpaired) electrons. The van der Waals surface area contributed by atoms with Gasteiger partial charge in [0, 0.05) is 6.04 Å². The minimum Gasteiger partial charge on any atom is -0.495 e. The Morgan fingerprint density at radius 1 is 1.15 bits per heavy atom. The van der Waals surface area contributed by atoms with Gasteiger partial charge in [0.15, 0.2) is 6.61 Å². The van der Waals surface area contributed by atoms with Gasteiger partial charge in [-0.2, -0.15) is 0 Å². The van der Waals surface area contributed by atoms with E-state index < -0.39 is 15.9 Å². The maximum Gasteiger partial charge on any atom is 0.262 e. The lowest BCUT2D eigenvalue weighted by atomic mass is 10.3. The molecule has 1 amide bonds. The molecule has 0 spiro atoms. The van der Waals surface area contributed by atoms with Crippen LogP contribution in [0, 0.1) is 0 Å². The van der Waals surface area contributed by atoms with Gasteiger partial charge in [-0.3, -0.25) is 4.79 Å². The Labute approximate surface area is 163 Å².